The first-order valence-corrected chi connectivity index (χ1v) is 8.94. The molecule has 0 aliphatic rings. The molecular weight excluding hydrogens is 354 g/mol. The maximum atomic E-state index is 12.3. The Balaban J connectivity index is 2.15. The van der Waals surface area contributed by atoms with Crippen LogP contribution < -0.4 is 5.32 Å². The average Bonchev–Trinajstić information content (AvgIpc) is 2.71. The molecule has 0 fully saturated rings. The van der Waals surface area contributed by atoms with Crippen LogP contribution in [0.4, 0.5) is 0 Å². The fourth-order valence-electron chi connectivity index (χ4n) is 2.92. The largest absolute Gasteiger partial charge is 0.480 e. The van der Waals surface area contributed by atoms with Gasteiger partial charge in [-0.2, -0.15) is 10.5 Å². The smallest absolute Gasteiger partial charge is 0.325 e. The van der Waals surface area contributed by atoms with Gasteiger partial charge >= 0.3 is 5.97 Å². The summed E-state index contributed by atoms with van der Waals surface area (Å²) in [6.45, 7) is 1.42. The van der Waals surface area contributed by atoms with Crippen molar-refractivity contribution >= 4 is 11.9 Å². The van der Waals surface area contributed by atoms with Gasteiger partial charge in [0.05, 0.1) is 23.3 Å². The lowest BCUT2D eigenvalue weighted by Crippen LogP contribution is -2.38. The van der Waals surface area contributed by atoms with Crippen LogP contribution in [-0.2, 0) is 16.0 Å². The molecule has 2 aromatic carbocycles. The van der Waals surface area contributed by atoms with Crippen molar-refractivity contribution in [3.05, 3.63) is 70.8 Å². The van der Waals surface area contributed by atoms with Crippen LogP contribution in [0.15, 0.2) is 48.5 Å². The Morgan fingerprint density at radius 3 is 2.36 bits per heavy atom. The first-order valence-electron chi connectivity index (χ1n) is 8.94. The van der Waals surface area contributed by atoms with Gasteiger partial charge in [0.25, 0.3) is 0 Å². The molecule has 0 bridgehead atoms. The average molecular weight is 375 g/mol. The summed E-state index contributed by atoms with van der Waals surface area (Å²) in [4.78, 5) is 23.3. The number of carboxylic acids is 1. The predicted octanol–water partition coefficient (Wildman–Crippen LogP) is 3.13. The van der Waals surface area contributed by atoms with Crippen molar-refractivity contribution in [2.24, 2.45) is 0 Å². The molecule has 2 N–H and O–H groups in total. The van der Waals surface area contributed by atoms with E-state index in [9.17, 15) is 9.59 Å². The van der Waals surface area contributed by atoms with Crippen LogP contribution in [0, 0.1) is 22.7 Å². The van der Waals surface area contributed by atoms with Crippen molar-refractivity contribution in [3.63, 3.8) is 0 Å². The first-order chi connectivity index (χ1) is 13.4. The number of carbonyl (C=O) groups is 2. The van der Waals surface area contributed by atoms with Gasteiger partial charge in [-0.15, -0.1) is 0 Å². The SMILES string of the molecule is CC(NC(=O)CC(CCc1ccc(C#N)cc1)c1cccc(C#N)c1)C(=O)O. The molecule has 6 heteroatoms. The zero-order valence-corrected chi connectivity index (χ0v) is 15.6. The third-order valence-corrected chi connectivity index (χ3v) is 4.53. The number of hydrogen-bond acceptors (Lipinski definition) is 4. The van der Waals surface area contributed by atoms with Crippen LogP contribution in [0.5, 0.6) is 0 Å². The van der Waals surface area contributed by atoms with Crippen molar-refractivity contribution in [3.8, 4) is 12.1 Å². The number of carbonyl (C=O) groups excluding carboxylic acids is 1. The highest BCUT2D eigenvalue weighted by atomic mass is 16.4. The molecule has 0 aliphatic heterocycles. The van der Waals surface area contributed by atoms with E-state index in [0.717, 1.165) is 11.1 Å². The standard InChI is InChI=1S/C22H21N3O3/c1-15(22(27)28)25-21(26)12-20(19-4-2-3-18(11-19)14-24)10-9-16-5-7-17(13-23)8-6-16/h2-8,11,15,20H,9-10,12H2,1H3,(H,25,26)(H,27,28). The second-order valence-electron chi connectivity index (χ2n) is 6.61. The lowest BCUT2D eigenvalue weighted by molar-refractivity contribution is -0.141. The molecule has 0 spiro atoms. The summed E-state index contributed by atoms with van der Waals surface area (Å²) >= 11 is 0. The molecule has 0 aliphatic carbocycles. The molecule has 2 unspecified atom stereocenters. The molecule has 0 aromatic heterocycles. The van der Waals surface area contributed by atoms with E-state index < -0.39 is 12.0 Å². The summed E-state index contributed by atoms with van der Waals surface area (Å²) in [5.74, 6) is -1.60. The maximum Gasteiger partial charge on any atom is 0.325 e. The third-order valence-electron chi connectivity index (χ3n) is 4.53. The molecule has 2 rings (SSSR count). The van der Waals surface area contributed by atoms with E-state index in [2.05, 4.69) is 17.5 Å². The number of benzene rings is 2. The Kier molecular flexibility index (Phi) is 7.30. The highest BCUT2D eigenvalue weighted by Crippen LogP contribution is 2.26. The fraction of sp³-hybridized carbons (Fsp3) is 0.273. The van der Waals surface area contributed by atoms with E-state index in [-0.39, 0.29) is 18.2 Å². The second kappa shape index (κ2) is 9.89. The second-order valence-corrected chi connectivity index (χ2v) is 6.61. The summed E-state index contributed by atoms with van der Waals surface area (Å²) in [6.07, 6.45) is 1.47. The van der Waals surface area contributed by atoms with Gasteiger partial charge in [-0.05, 0) is 61.1 Å². The molecule has 0 heterocycles. The molecule has 2 aromatic rings. The van der Waals surface area contributed by atoms with E-state index >= 15 is 0 Å². The van der Waals surface area contributed by atoms with E-state index in [1.807, 2.05) is 18.2 Å². The van der Waals surface area contributed by atoms with E-state index in [0.29, 0.717) is 24.0 Å². The zero-order chi connectivity index (χ0) is 20.5. The van der Waals surface area contributed by atoms with Gasteiger partial charge in [-0.1, -0.05) is 24.3 Å². The van der Waals surface area contributed by atoms with Crippen LogP contribution in [0.1, 0.15) is 47.9 Å². The molecule has 2 atom stereocenters. The van der Waals surface area contributed by atoms with Gasteiger partial charge < -0.3 is 10.4 Å². The quantitative estimate of drug-likeness (QED) is 0.736. The van der Waals surface area contributed by atoms with Crippen LogP contribution in [0.2, 0.25) is 0 Å². The lowest BCUT2D eigenvalue weighted by Gasteiger charge is -2.19. The number of nitriles is 2. The molecule has 142 valence electrons. The van der Waals surface area contributed by atoms with Crippen LogP contribution >= 0.6 is 0 Å². The topological polar surface area (TPSA) is 114 Å². The highest BCUT2D eigenvalue weighted by Gasteiger charge is 2.20. The molecule has 28 heavy (non-hydrogen) atoms. The first kappa shape index (κ1) is 20.7. The third kappa shape index (κ3) is 5.96. The van der Waals surface area contributed by atoms with Crippen molar-refractivity contribution in [1.29, 1.82) is 10.5 Å². The number of nitrogens with one attached hydrogen (secondary N) is 1. The van der Waals surface area contributed by atoms with Crippen molar-refractivity contribution in [2.45, 2.75) is 38.1 Å². The van der Waals surface area contributed by atoms with Gasteiger partial charge in [0.2, 0.25) is 5.91 Å². The summed E-state index contributed by atoms with van der Waals surface area (Å²) in [5, 5.41) is 29.5. The predicted molar refractivity (Wildman–Crippen MR) is 103 cm³/mol. The Morgan fingerprint density at radius 1 is 1.07 bits per heavy atom. The minimum atomic E-state index is -1.09. The van der Waals surface area contributed by atoms with E-state index in [1.165, 1.54) is 6.92 Å². The van der Waals surface area contributed by atoms with Crippen LogP contribution in [0.25, 0.3) is 0 Å². The lowest BCUT2D eigenvalue weighted by atomic mass is 9.88. The zero-order valence-electron chi connectivity index (χ0n) is 15.6. The number of nitrogens with zero attached hydrogens (tertiary/aromatic N) is 2. The number of rotatable bonds is 8. The minimum Gasteiger partial charge on any atom is -0.480 e. The van der Waals surface area contributed by atoms with Crippen molar-refractivity contribution in [2.75, 3.05) is 0 Å². The summed E-state index contributed by atoms with van der Waals surface area (Å²) in [7, 11) is 0. The van der Waals surface area contributed by atoms with Crippen LogP contribution in [-0.4, -0.2) is 23.0 Å². The van der Waals surface area contributed by atoms with Crippen LogP contribution in [0.3, 0.4) is 0 Å². The Bertz CT molecular complexity index is 923. The highest BCUT2D eigenvalue weighted by molar-refractivity contribution is 5.83. The van der Waals surface area contributed by atoms with Gasteiger partial charge in [0.1, 0.15) is 6.04 Å². The van der Waals surface area contributed by atoms with Crippen molar-refractivity contribution < 1.29 is 14.7 Å². The molecule has 0 saturated carbocycles. The molecular formula is C22H21N3O3. The number of hydrogen-bond donors (Lipinski definition) is 2. The molecule has 0 saturated heterocycles. The maximum absolute atomic E-state index is 12.3. The van der Waals surface area contributed by atoms with Gasteiger partial charge in [-0.3, -0.25) is 9.59 Å². The number of carboxylic acid groups (broad SMARTS) is 1. The molecule has 1 amide bonds. The normalized spacial score (nSPS) is 12.2. The van der Waals surface area contributed by atoms with E-state index in [4.69, 9.17) is 15.6 Å². The minimum absolute atomic E-state index is 0.128. The summed E-state index contributed by atoms with van der Waals surface area (Å²) < 4.78 is 0. The monoisotopic (exact) mass is 375 g/mol. The van der Waals surface area contributed by atoms with Gasteiger partial charge in [0, 0.05) is 6.42 Å². The molecule has 0 radical (unpaired) electrons. The number of amides is 1. The Morgan fingerprint density at radius 2 is 1.75 bits per heavy atom. The van der Waals surface area contributed by atoms with Crippen molar-refractivity contribution in [1.82, 2.24) is 5.32 Å². The summed E-state index contributed by atoms with van der Waals surface area (Å²) in [5.41, 5.74) is 3.01. The van der Waals surface area contributed by atoms with Gasteiger partial charge in [0.15, 0.2) is 0 Å². The molecule has 6 nitrogen and oxygen atoms in total. The Hall–Kier alpha value is -3.64. The van der Waals surface area contributed by atoms with E-state index in [1.54, 1.807) is 30.3 Å². The summed E-state index contributed by atoms with van der Waals surface area (Å²) in [6, 6.07) is 17.6. The number of aliphatic carboxylic acids is 1. The number of aryl methyl sites for hydroxylation is 1. The van der Waals surface area contributed by atoms with Gasteiger partial charge in [-0.25, -0.2) is 0 Å². The Labute approximate surface area is 164 Å². The fourth-order valence-corrected chi connectivity index (χ4v) is 2.92.